The molecule has 2 rings (SSSR count). The van der Waals surface area contributed by atoms with Crippen molar-refractivity contribution in [2.75, 3.05) is 20.3 Å². The molecule has 1 heterocycles. The summed E-state index contributed by atoms with van der Waals surface area (Å²) in [5, 5.41) is 17.0. The molecule has 134 valence electrons. The SMILES string of the molecule is COc1ccc(/C=N\NC(=O)C(=O)NC[C@H]2CCCO2)cc1[N+](=O)[O-]. The lowest BCUT2D eigenvalue weighted by molar-refractivity contribution is -0.385. The largest absolute Gasteiger partial charge is 0.490 e. The molecule has 2 N–H and O–H groups in total. The van der Waals surface area contributed by atoms with E-state index in [9.17, 15) is 19.7 Å². The van der Waals surface area contributed by atoms with E-state index in [1.807, 2.05) is 0 Å². The molecule has 0 aromatic heterocycles. The van der Waals surface area contributed by atoms with Crippen LogP contribution in [0, 0.1) is 10.1 Å². The van der Waals surface area contributed by atoms with Gasteiger partial charge in [0.25, 0.3) is 0 Å². The van der Waals surface area contributed by atoms with Crippen LogP contribution in [-0.4, -0.2) is 49.3 Å². The van der Waals surface area contributed by atoms with Crippen LogP contribution < -0.4 is 15.5 Å². The van der Waals surface area contributed by atoms with E-state index in [0.717, 1.165) is 12.8 Å². The predicted molar refractivity (Wildman–Crippen MR) is 87.4 cm³/mol. The van der Waals surface area contributed by atoms with Gasteiger partial charge in [-0.3, -0.25) is 19.7 Å². The van der Waals surface area contributed by atoms with Gasteiger partial charge in [-0.15, -0.1) is 0 Å². The third-order valence-corrected chi connectivity index (χ3v) is 3.50. The van der Waals surface area contributed by atoms with Crippen molar-refractivity contribution in [1.82, 2.24) is 10.7 Å². The number of hydrogen-bond donors (Lipinski definition) is 2. The van der Waals surface area contributed by atoms with Crippen LogP contribution >= 0.6 is 0 Å². The standard InChI is InChI=1S/C15H18N4O6/c1-24-13-5-4-10(7-12(13)19(22)23)8-17-18-15(21)14(20)16-9-11-3-2-6-25-11/h4-5,7-8,11H,2-3,6,9H2,1H3,(H,16,20)(H,18,21)/b17-8-/t11-/m1/s1. The summed E-state index contributed by atoms with van der Waals surface area (Å²) in [4.78, 5) is 33.6. The fourth-order valence-electron chi connectivity index (χ4n) is 2.24. The topological polar surface area (TPSA) is 132 Å². The van der Waals surface area contributed by atoms with Crippen molar-refractivity contribution in [1.29, 1.82) is 0 Å². The molecule has 1 fully saturated rings. The number of nitrogens with one attached hydrogen (secondary N) is 2. The first-order valence-corrected chi connectivity index (χ1v) is 7.56. The Morgan fingerprint density at radius 2 is 2.28 bits per heavy atom. The molecule has 0 spiro atoms. The molecule has 1 aliphatic heterocycles. The van der Waals surface area contributed by atoms with Crippen LogP contribution in [0.4, 0.5) is 5.69 Å². The highest BCUT2D eigenvalue weighted by molar-refractivity contribution is 6.35. The zero-order valence-corrected chi connectivity index (χ0v) is 13.6. The Balaban J connectivity index is 1.86. The zero-order chi connectivity index (χ0) is 18.2. The van der Waals surface area contributed by atoms with E-state index >= 15 is 0 Å². The van der Waals surface area contributed by atoms with E-state index in [2.05, 4.69) is 15.8 Å². The summed E-state index contributed by atoms with van der Waals surface area (Å²) in [6.45, 7) is 0.922. The van der Waals surface area contributed by atoms with Gasteiger partial charge in [0.1, 0.15) is 0 Å². The number of nitro groups is 1. The van der Waals surface area contributed by atoms with Crippen molar-refractivity contribution in [2.24, 2.45) is 5.10 Å². The van der Waals surface area contributed by atoms with Crippen LogP contribution in [0.1, 0.15) is 18.4 Å². The number of benzene rings is 1. The van der Waals surface area contributed by atoms with Crippen LogP contribution in [-0.2, 0) is 14.3 Å². The molecule has 0 aliphatic carbocycles. The molecule has 1 atom stereocenters. The highest BCUT2D eigenvalue weighted by Crippen LogP contribution is 2.26. The van der Waals surface area contributed by atoms with Gasteiger partial charge in [0.15, 0.2) is 5.75 Å². The van der Waals surface area contributed by atoms with Crippen molar-refractivity contribution < 1.29 is 24.0 Å². The van der Waals surface area contributed by atoms with Gasteiger partial charge in [0, 0.05) is 24.8 Å². The van der Waals surface area contributed by atoms with Gasteiger partial charge in [0.2, 0.25) is 0 Å². The summed E-state index contributed by atoms with van der Waals surface area (Å²) < 4.78 is 10.2. The second kappa shape index (κ2) is 8.73. The highest BCUT2D eigenvalue weighted by Gasteiger charge is 2.19. The number of methoxy groups -OCH3 is 1. The molecule has 0 unspecified atom stereocenters. The molecule has 2 amide bonds. The Bertz CT molecular complexity index is 685. The number of amides is 2. The van der Waals surface area contributed by atoms with Gasteiger partial charge in [-0.2, -0.15) is 5.10 Å². The van der Waals surface area contributed by atoms with Crippen LogP contribution in [0.3, 0.4) is 0 Å². The van der Waals surface area contributed by atoms with E-state index in [-0.39, 0.29) is 24.1 Å². The van der Waals surface area contributed by atoms with Gasteiger partial charge in [-0.1, -0.05) is 0 Å². The number of rotatable bonds is 6. The first kappa shape index (κ1) is 18.3. The quantitative estimate of drug-likeness (QED) is 0.329. The Morgan fingerprint density at radius 1 is 1.48 bits per heavy atom. The van der Waals surface area contributed by atoms with Crippen molar-refractivity contribution in [3.05, 3.63) is 33.9 Å². The van der Waals surface area contributed by atoms with Gasteiger partial charge in [0.05, 0.1) is 24.4 Å². The molecular weight excluding hydrogens is 332 g/mol. The Kier molecular flexibility index (Phi) is 6.40. The van der Waals surface area contributed by atoms with E-state index in [1.165, 1.54) is 31.5 Å². The molecular formula is C15H18N4O6. The maximum atomic E-state index is 11.6. The second-order valence-electron chi connectivity index (χ2n) is 5.23. The van der Waals surface area contributed by atoms with Gasteiger partial charge < -0.3 is 14.8 Å². The smallest absolute Gasteiger partial charge is 0.329 e. The second-order valence-corrected chi connectivity index (χ2v) is 5.23. The molecule has 0 radical (unpaired) electrons. The Hall–Kier alpha value is -3.01. The van der Waals surface area contributed by atoms with E-state index in [4.69, 9.17) is 9.47 Å². The molecule has 0 saturated carbocycles. The first-order valence-electron chi connectivity index (χ1n) is 7.56. The lowest BCUT2D eigenvalue weighted by Crippen LogP contribution is -2.41. The summed E-state index contributed by atoms with van der Waals surface area (Å²) in [5.74, 6) is -1.65. The molecule has 10 nitrogen and oxygen atoms in total. The lowest BCUT2D eigenvalue weighted by Gasteiger charge is -2.09. The lowest BCUT2D eigenvalue weighted by atomic mass is 10.2. The number of nitrogens with zero attached hydrogens (tertiary/aromatic N) is 2. The van der Waals surface area contributed by atoms with Crippen molar-refractivity contribution in [2.45, 2.75) is 18.9 Å². The zero-order valence-electron chi connectivity index (χ0n) is 13.6. The number of ether oxygens (including phenoxy) is 2. The maximum Gasteiger partial charge on any atom is 0.329 e. The summed E-state index contributed by atoms with van der Waals surface area (Å²) in [6, 6.07) is 4.18. The van der Waals surface area contributed by atoms with Gasteiger partial charge in [-0.05, 0) is 25.0 Å². The third kappa shape index (κ3) is 5.24. The fraction of sp³-hybridized carbons (Fsp3) is 0.400. The van der Waals surface area contributed by atoms with Gasteiger partial charge in [-0.25, -0.2) is 5.43 Å². The molecule has 0 bridgehead atoms. The minimum atomic E-state index is -0.933. The molecule has 1 saturated heterocycles. The average Bonchev–Trinajstić information content (AvgIpc) is 3.12. The molecule has 1 aromatic rings. The predicted octanol–water partition coefficient (Wildman–Crippen LogP) is 0.349. The molecule has 1 aliphatic rings. The monoisotopic (exact) mass is 350 g/mol. The van der Waals surface area contributed by atoms with E-state index in [0.29, 0.717) is 12.2 Å². The number of hydrazone groups is 1. The van der Waals surface area contributed by atoms with Crippen molar-refractivity contribution >= 4 is 23.7 Å². The number of hydrogen-bond acceptors (Lipinski definition) is 7. The van der Waals surface area contributed by atoms with Crippen LogP contribution in [0.5, 0.6) is 5.75 Å². The van der Waals surface area contributed by atoms with Gasteiger partial charge >= 0.3 is 17.5 Å². The maximum absolute atomic E-state index is 11.6. The number of nitro benzene ring substituents is 1. The minimum Gasteiger partial charge on any atom is -0.490 e. The molecule has 25 heavy (non-hydrogen) atoms. The normalized spacial score (nSPS) is 16.6. The van der Waals surface area contributed by atoms with Crippen molar-refractivity contribution in [3.63, 3.8) is 0 Å². The molecule has 10 heteroatoms. The minimum absolute atomic E-state index is 0.0694. The van der Waals surface area contributed by atoms with Crippen molar-refractivity contribution in [3.8, 4) is 5.75 Å². The Labute approximate surface area is 143 Å². The van der Waals surface area contributed by atoms with E-state index in [1.54, 1.807) is 0 Å². The van der Waals surface area contributed by atoms with Crippen LogP contribution in [0.15, 0.2) is 23.3 Å². The van der Waals surface area contributed by atoms with Crippen LogP contribution in [0.2, 0.25) is 0 Å². The summed E-state index contributed by atoms with van der Waals surface area (Å²) in [5.41, 5.74) is 2.20. The highest BCUT2D eigenvalue weighted by atomic mass is 16.6. The number of carbonyl (C=O) groups is 2. The molecule has 1 aromatic carbocycles. The number of carbonyl (C=O) groups excluding carboxylic acids is 2. The van der Waals surface area contributed by atoms with Crippen LogP contribution in [0.25, 0.3) is 0 Å². The first-order chi connectivity index (χ1) is 12.0. The summed E-state index contributed by atoms with van der Waals surface area (Å²) >= 11 is 0. The summed E-state index contributed by atoms with van der Waals surface area (Å²) in [7, 11) is 1.32. The third-order valence-electron chi connectivity index (χ3n) is 3.50. The fourth-order valence-corrected chi connectivity index (χ4v) is 2.24. The Morgan fingerprint density at radius 3 is 2.92 bits per heavy atom. The van der Waals surface area contributed by atoms with E-state index < -0.39 is 16.7 Å². The average molecular weight is 350 g/mol. The summed E-state index contributed by atoms with van der Waals surface area (Å²) in [6.07, 6.45) is 2.90.